The van der Waals surface area contributed by atoms with E-state index in [2.05, 4.69) is 10.4 Å². The molecular formula is C21H21F2N3O. The van der Waals surface area contributed by atoms with Crippen LogP contribution in [0.2, 0.25) is 0 Å². The highest BCUT2D eigenvalue weighted by Gasteiger charge is 2.22. The van der Waals surface area contributed by atoms with Gasteiger partial charge in [0.2, 0.25) is 0 Å². The van der Waals surface area contributed by atoms with Gasteiger partial charge in [0.1, 0.15) is 17.5 Å². The number of aromatic nitrogens is 2. The normalized spacial score (nSPS) is 11.4. The van der Waals surface area contributed by atoms with Crippen LogP contribution in [0.4, 0.5) is 14.6 Å². The summed E-state index contributed by atoms with van der Waals surface area (Å²) in [5.74, 6) is -1.83. The summed E-state index contributed by atoms with van der Waals surface area (Å²) in [4.78, 5) is 12.5. The Morgan fingerprint density at radius 1 is 1.07 bits per heavy atom. The number of carbonyl (C=O) groups excluding carboxylic acids is 1. The summed E-state index contributed by atoms with van der Waals surface area (Å²) in [5, 5.41) is 7.31. The monoisotopic (exact) mass is 369 g/mol. The Bertz CT molecular complexity index is 959. The maximum atomic E-state index is 13.9. The summed E-state index contributed by atoms with van der Waals surface area (Å²) in [6, 6.07) is 14.4. The fourth-order valence-electron chi connectivity index (χ4n) is 2.62. The van der Waals surface area contributed by atoms with Gasteiger partial charge in [0.25, 0.3) is 5.91 Å². The van der Waals surface area contributed by atoms with Gasteiger partial charge in [-0.1, -0.05) is 51.1 Å². The van der Waals surface area contributed by atoms with Gasteiger partial charge in [-0.15, -0.1) is 0 Å². The Morgan fingerprint density at radius 3 is 2.41 bits per heavy atom. The minimum atomic E-state index is -0.905. The van der Waals surface area contributed by atoms with Crippen LogP contribution in [0, 0.1) is 11.6 Å². The van der Waals surface area contributed by atoms with Crippen molar-refractivity contribution in [2.75, 3.05) is 5.32 Å². The third-order valence-corrected chi connectivity index (χ3v) is 4.14. The average Bonchev–Trinajstić information content (AvgIpc) is 2.98. The molecule has 0 aliphatic heterocycles. The third-order valence-electron chi connectivity index (χ3n) is 4.14. The van der Waals surface area contributed by atoms with Gasteiger partial charge >= 0.3 is 0 Å². The van der Waals surface area contributed by atoms with E-state index in [1.807, 2.05) is 51.1 Å². The number of carbonyl (C=O) groups is 1. The first kappa shape index (κ1) is 18.8. The predicted octanol–water partition coefficient (Wildman–Crippen LogP) is 4.76. The lowest BCUT2D eigenvalue weighted by molar-refractivity contribution is 0.102. The topological polar surface area (TPSA) is 46.9 Å². The van der Waals surface area contributed by atoms with E-state index in [0.717, 1.165) is 23.4 Å². The Labute approximate surface area is 156 Å². The van der Waals surface area contributed by atoms with Crippen LogP contribution in [0.5, 0.6) is 0 Å². The SMILES string of the molecule is CC(C)(C)c1cc(NC(=O)c2ccc(F)cc2F)n(Cc2ccccc2)n1. The number of nitrogens with one attached hydrogen (secondary N) is 1. The van der Waals surface area contributed by atoms with Gasteiger partial charge in [-0.3, -0.25) is 4.79 Å². The summed E-state index contributed by atoms with van der Waals surface area (Å²) in [6.45, 7) is 6.52. The second-order valence-electron chi connectivity index (χ2n) is 7.39. The molecule has 0 aliphatic carbocycles. The number of hydrogen-bond acceptors (Lipinski definition) is 2. The lowest BCUT2D eigenvalue weighted by Gasteiger charge is -2.14. The molecule has 0 unspecified atom stereocenters. The van der Waals surface area contributed by atoms with E-state index in [0.29, 0.717) is 18.4 Å². The first-order valence-corrected chi connectivity index (χ1v) is 8.63. The molecule has 0 radical (unpaired) electrons. The molecular weight excluding hydrogens is 348 g/mol. The highest BCUT2D eigenvalue weighted by atomic mass is 19.1. The van der Waals surface area contributed by atoms with Gasteiger partial charge in [0.15, 0.2) is 0 Å². The second kappa shape index (κ2) is 7.31. The number of nitrogens with zero attached hydrogens (tertiary/aromatic N) is 2. The standard InChI is InChI=1S/C21H21F2N3O/c1-21(2,3)18-12-19(26(25-18)13-14-7-5-4-6-8-14)24-20(27)16-10-9-15(22)11-17(16)23/h4-12H,13H2,1-3H3,(H,24,27). The van der Waals surface area contributed by atoms with Gasteiger partial charge < -0.3 is 5.32 Å². The quantitative estimate of drug-likeness (QED) is 0.721. The molecule has 0 aliphatic rings. The smallest absolute Gasteiger partial charge is 0.259 e. The first-order valence-electron chi connectivity index (χ1n) is 8.63. The first-order chi connectivity index (χ1) is 12.7. The number of rotatable bonds is 4. The molecule has 0 saturated carbocycles. The summed E-state index contributed by atoms with van der Waals surface area (Å²) < 4.78 is 28.7. The lowest BCUT2D eigenvalue weighted by Crippen LogP contribution is -2.17. The molecule has 140 valence electrons. The molecule has 6 heteroatoms. The van der Waals surface area contributed by atoms with Crippen molar-refractivity contribution in [3.63, 3.8) is 0 Å². The molecule has 4 nitrogen and oxygen atoms in total. The van der Waals surface area contributed by atoms with Crippen LogP contribution in [0.1, 0.15) is 42.4 Å². The molecule has 3 rings (SSSR count). The Hall–Kier alpha value is -3.02. The second-order valence-corrected chi connectivity index (χ2v) is 7.39. The fraction of sp³-hybridized carbons (Fsp3) is 0.238. The molecule has 27 heavy (non-hydrogen) atoms. The maximum Gasteiger partial charge on any atom is 0.259 e. The van der Waals surface area contributed by atoms with Gasteiger partial charge in [0, 0.05) is 17.5 Å². The van der Waals surface area contributed by atoms with Crippen molar-refractivity contribution in [1.82, 2.24) is 9.78 Å². The van der Waals surface area contributed by atoms with Crippen LogP contribution in [-0.4, -0.2) is 15.7 Å². The Morgan fingerprint density at radius 2 is 1.78 bits per heavy atom. The van der Waals surface area contributed by atoms with E-state index in [-0.39, 0.29) is 11.0 Å². The zero-order chi connectivity index (χ0) is 19.6. The van der Waals surface area contributed by atoms with Crippen LogP contribution in [0.25, 0.3) is 0 Å². The number of amides is 1. The van der Waals surface area contributed by atoms with Gasteiger partial charge in [-0.05, 0) is 17.7 Å². The molecule has 1 aromatic heterocycles. The Balaban J connectivity index is 1.93. The summed E-state index contributed by atoms with van der Waals surface area (Å²) in [5.41, 5.74) is 1.38. The van der Waals surface area contributed by atoms with Crippen molar-refractivity contribution in [3.05, 3.63) is 83.1 Å². The van der Waals surface area contributed by atoms with Crippen LogP contribution in [-0.2, 0) is 12.0 Å². The molecule has 1 amide bonds. The van der Waals surface area contributed by atoms with Crippen molar-refractivity contribution in [2.45, 2.75) is 32.7 Å². The zero-order valence-corrected chi connectivity index (χ0v) is 15.5. The van der Waals surface area contributed by atoms with E-state index in [4.69, 9.17) is 0 Å². The number of hydrogen-bond donors (Lipinski definition) is 1. The predicted molar refractivity (Wildman–Crippen MR) is 101 cm³/mol. The lowest BCUT2D eigenvalue weighted by atomic mass is 9.92. The average molecular weight is 369 g/mol. The van der Waals surface area contributed by atoms with Gasteiger partial charge in [-0.25, -0.2) is 13.5 Å². The van der Waals surface area contributed by atoms with Gasteiger partial charge in [0.05, 0.1) is 17.8 Å². The molecule has 2 aromatic carbocycles. The molecule has 0 fully saturated rings. The van der Waals surface area contributed by atoms with E-state index in [1.54, 1.807) is 10.7 Å². The molecule has 1 heterocycles. The van der Waals surface area contributed by atoms with Crippen LogP contribution in [0.3, 0.4) is 0 Å². The van der Waals surface area contributed by atoms with Crippen LogP contribution in [0.15, 0.2) is 54.6 Å². The van der Waals surface area contributed by atoms with Crippen LogP contribution >= 0.6 is 0 Å². The zero-order valence-electron chi connectivity index (χ0n) is 15.5. The minimum Gasteiger partial charge on any atom is -0.307 e. The molecule has 0 spiro atoms. The highest BCUT2D eigenvalue weighted by molar-refractivity contribution is 6.04. The van der Waals surface area contributed by atoms with Crippen molar-refractivity contribution in [2.24, 2.45) is 0 Å². The summed E-state index contributed by atoms with van der Waals surface area (Å²) >= 11 is 0. The Kier molecular flexibility index (Phi) is 5.08. The third kappa shape index (κ3) is 4.39. The number of benzene rings is 2. The highest BCUT2D eigenvalue weighted by Crippen LogP contribution is 2.25. The van der Waals surface area contributed by atoms with E-state index in [9.17, 15) is 13.6 Å². The van der Waals surface area contributed by atoms with Gasteiger partial charge in [-0.2, -0.15) is 5.10 Å². The van der Waals surface area contributed by atoms with E-state index in [1.165, 1.54) is 0 Å². The van der Waals surface area contributed by atoms with Crippen molar-refractivity contribution in [1.29, 1.82) is 0 Å². The molecule has 0 bridgehead atoms. The van der Waals surface area contributed by atoms with Crippen molar-refractivity contribution < 1.29 is 13.6 Å². The molecule has 0 saturated heterocycles. The maximum absolute atomic E-state index is 13.9. The minimum absolute atomic E-state index is 0.220. The van der Waals surface area contributed by atoms with E-state index >= 15 is 0 Å². The van der Waals surface area contributed by atoms with E-state index < -0.39 is 17.5 Å². The van der Waals surface area contributed by atoms with Crippen molar-refractivity contribution in [3.8, 4) is 0 Å². The van der Waals surface area contributed by atoms with Crippen molar-refractivity contribution >= 4 is 11.7 Å². The molecule has 1 N–H and O–H groups in total. The molecule has 0 atom stereocenters. The number of halogens is 2. The summed E-state index contributed by atoms with van der Waals surface area (Å²) in [6.07, 6.45) is 0. The molecule has 3 aromatic rings. The fourth-order valence-corrected chi connectivity index (χ4v) is 2.62. The largest absolute Gasteiger partial charge is 0.307 e. The number of anilines is 1. The van der Waals surface area contributed by atoms with Crippen LogP contribution < -0.4 is 5.32 Å². The summed E-state index contributed by atoms with van der Waals surface area (Å²) in [7, 11) is 0.